The highest BCUT2D eigenvalue weighted by atomic mass is 16.5. The third-order valence-corrected chi connectivity index (χ3v) is 5.38. The van der Waals surface area contributed by atoms with E-state index < -0.39 is 23.7 Å². The van der Waals surface area contributed by atoms with Gasteiger partial charge in [0.15, 0.2) is 0 Å². The number of benzene rings is 2. The van der Waals surface area contributed by atoms with Crippen molar-refractivity contribution in [2.24, 2.45) is 0 Å². The molecule has 0 spiro atoms. The predicted molar refractivity (Wildman–Crippen MR) is 105 cm³/mol. The van der Waals surface area contributed by atoms with Crippen LogP contribution in [0.5, 0.6) is 0 Å². The Morgan fingerprint density at radius 1 is 1.07 bits per heavy atom. The number of carbonyl (C=O) groups is 2. The molecule has 28 heavy (non-hydrogen) atoms. The lowest BCUT2D eigenvalue weighted by molar-refractivity contribution is -0.139. The molecule has 6 nitrogen and oxygen atoms in total. The molecule has 1 unspecified atom stereocenters. The number of fused-ring (bicyclic) bond motifs is 3. The van der Waals surface area contributed by atoms with Crippen LogP contribution in [0.1, 0.15) is 37.3 Å². The van der Waals surface area contributed by atoms with Crippen LogP contribution in [0.15, 0.2) is 48.5 Å². The normalized spacial score (nSPS) is 14.1. The molecule has 0 saturated carbocycles. The molecule has 2 aromatic rings. The molecule has 6 heteroatoms. The van der Waals surface area contributed by atoms with Gasteiger partial charge in [-0.3, -0.25) is 4.79 Å². The number of rotatable bonds is 7. The predicted octanol–water partition coefficient (Wildman–Crippen LogP) is 3.79. The summed E-state index contributed by atoms with van der Waals surface area (Å²) in [6.07, 6.45) is -0.913. The maximum Gasteiger partial charge on any atom is 0.407 e. The van der Waals surface area contributed by atoms with E-state index in [1.54, 1.807) is 13.8 Å². The van der Waals surface area contributed by atoms with E-state index in [0.717, 1.165) is 22.3 Å². The highest BCUT2D eigenvalue weighted by Gasteiger charge is 2.34. The second-order valence-corrected chi connectivity index (χ2v) is 7.43. The third kappa shape index (κ3) is 4.02. The fraction of sp³-hybridized carbons (Fsp3) is 0.364. The van der Waals surface area contributed by atoms with Gasteiger partial charge >= 0.3 is 12.1 Å². The first-order chi connectivity index (χ1) is 13.3. The maximum atomic E-state index is 12.4. The van der Waals surface area contributed by atoms with Crippen molar-refractivity contribution in [1.29, 1.82) is 0 Å². The number of methoxy groups -OCH3 is 1. The van der Waals surface area contributed by atoms with Gasteiger partial charge in [0.1, 0.15) is 6.61 Å². The minimum atomic E-state index is -1.02. The minimum absolute atomic E-state index is 0.0495. The Balaban J connectivity index is 1.71. The van der Waals surface area contributed by atoms with Gasteiger partial charge in [-0.05, 0) is 36.1 Å². The molecule has 3 rings (SSSR count). The monoisotopic (exact) mass is 383 g/mol. The van der Waals surface area contributed by atoms with E-state index in [1.807, 2.05) is 36.4 Å². The van der Waals surface area contributed by atoms with Gasteiger partial charge in [-0.1, -0.05) is 48.5 Å². The van der Waals surface area contributed by atoms with Crippen molar-refractivity contribution in [3.8, 4) is 11.1 Å². The van der Waals surface area contributed by atoms with E-state index in [-0.39, 0.29) is 18.9 Å². The number of hydrogen-bond acceptors (Lipinski definition) is 4. The quantitative estimate of drug-likeness (QED) is 0.760. The Bertz CT molecular complexity index is 831. The molecule has 1 aliphatic carbocycles. The summed E-state index contributed by atoms with van der Waals surface area (Å²) in [5.41, 5.74) is 3.70. The SMILES string of the molecule is COC(C)(C)C(CC(=O)O)NC(=O)OCC1c2ccccc2-c2ccccc21. The van der Waals surface area contributed by atoms with Crippen molar-refractivity contribution in [2.45, 2.75) is 37.8 Å². The smallest absolute Gasteiger partial charge is 0.407 e. The summed E-state index contributed by atoms with van der Waals surface area (Å²) in [5, 5.41) is 11.8. The van der Waals surface area contributed by atoms with Crippen LogP contribution in [-0.4, -0.2) is 42.5 Å². The highest BCUT2D eigenvalue weighted by Crippen LogP contribution is 2.44. The Morgan fingerprint density at radius 3 is 2.11 bits per heavy atom. The van der Waals surface area contributed by atoms with Gasteiger partial charge < -0.3 is 19.9 Å². The molecule has 0 heterocycles. The van der Waals surface area contributed by atoms with Crippen molar-refractivity contribution in [2.75, 3.05) is 13.7 Å². The number of aliphatic carboxylic acids is 1. The van der Waals surface area contributed by atoms with Gasteiger partial charge in [0.2, 0.25) is 0 Å². The number of carboxylic acids is 1. The Labute approximate surface area is 164 Å². The average molecular weight is 383 g/mol. The van der Waals surface area contributed by atoms with Crippen LogP contribution < -0.4 is 5.32 Å². The summed E-state index contributed by atoms with van der Waals surface area (Å²) >= 11 is 0. The fourth-order valence-electron chi connectivity index (χ4n) is 3.57. The number of ether oxygens (including phenoxy) is 2. The molecular formula is C22H25NO5. The molecule has 0 bridgehead atoms. The van der Waals surface area contributed by atoms with Crippen LogP contribution >= 0.6 is 0 Å². The van der Waals surface area contributed by atoms with Crippen molar-refractivity contribution >= 4 is 12.1 Å². The zero-order valence-electron chi connectivity index (χ0n) is 16.3. The van der Waals surface area contributed by atoms with Crippen LogP contribution in [0.4, 0.5) is 4.79 Å². The Kier molecular flexibility index (Phi) is 5.70. The molecule has 1 amide bonds. The molecule has 0 fully saturated rings. The largest absolute Gasteiger partial charge is 0.481 e. The number of carbonyl (C=O) groups excluding carboxylic acids is 1. The van der Waals surface area contributed by atoms with Crippen molar-refractivity contribution in [3.63, 3.8) is 0 Å². The second-order valence-electron chi connectivity index (χ2n) is 7.43. The van der Waals surface area contributed by atoms with Crippen LogP contribution in [0.2, 0.25) is 0 Å². The molecule has 1 aliphatic rings. The molecule has 2 N–H and O–H groups in total. The fourth-order valence-corrected chi connectivity index (χ4v) is 3.57. The van der Waals surface area contributed by atoms with Crippen LogP contribution in [0, 0.1) is 0 Å². The summed E-state index contributed by atoms with van der Waals surface area (Å²) in [6.45, 7) is 3.63. The molecule has 148 valence electrons. The average Bonchev–Trinajstić information content (AvgIpc) is 2.99. The summed E-state index contributed by atoms with van der Waals surface area (Å²) in [4.78, 5) is 23.5. The first-order valence-electron chi connectivity index (χ1n) is 9.22. The molecular weight excluding hydrogens is 358 g/mol. The number of alkyl carbamates (subject to hydrolysis) is 1. The van der Waals surface area contributed by atoms with Gasteiger partial charge in [-0.15, -0.1) is 0 Å². The zero-order valence-corrected chi connectivity index (χ0v) is 16.3. The Hall–Kier alpha value is -2.86. The first-order valence-corrected chi connectivity index (χ1v) is 9.22. The topological polar surface area (TPSA) is 84.9 Å². The zero-order chi connectivity index (χ0) is 20.3. The number of carboxylic acid groups (broad SMARTS) is 1. The highest BCUT2D eigenvalue weighted by molar-refractivity contribution is 5.79. The Morgan fingerprint density at radius 2 is 1.61 bits per heavy atom. The lowest BCUT2D eigenvalue weighted by Crippen LogP contribution is -2.51. The molecule has 0 radical (unpaired) electrons. The van der Waals surface area contributed by atoms with Gasteiger partial charge in [0.25, 0.3) is 0 Å². The molecule has 0 saturated heterocycles. The summed E-state index contributed by atoms with van der Waals surface area (Å²) in [5.74, 6) is -1.07. The van der Waals surface area contributed by atoms with E-state index in [4.69, 9.17) is 14.6 Å². The van der Waals surface area contributed by atoms with Crippen LogP contribution in [-0.2, 0) is 14.3 Å². The van der Waals surface area contributed by atoms with Gasteiger partial charge in [0, 0.05) is 13.0 Å². The van der Waals surface area contributed by atoms with Crippen molar-refractivity contribution in [3.05, 3.63) is 59.7 Å². The van der Waals surface area contributed by atoms with E-state index in [1.165, 1.54) is 7.11 Å². The van der Waals surface area contributed by atoms with E-state index in [2.05, 4.69) is 17.4 Å². The van der Waals surface area contributed by atoms with Gasteiger partial charge in [-0.25, -0.2) is 4.79 Å². The van der Waals surface area contributed by atoms with E-state index in [9.17, 15) is 9.59 Å². The maximum absolute atomic E-state index is 12.4. The van der Waals surface area contributed by atoms with Crippen molar-refractivity contribution in [1.82, 2.24) is 5.32 Å². The van der Waals surface area contributed by atoms with Crippen LogP contribution in [0.25, 0.3) is 11.1 Å². The number of nitrogens with one attached hydrogen (secondary N) is 1. The first kappa shape index (κ1) is 19.9. The minimum Gasteiger partial charge on any atom is -0.481 e. The van der Waals surface area contributed by atoms with Crippen molar-refractivity contribution < 1.29 is 24.2 Å². The molecule has 1 atom stereocenters. The van der Waals surface area contributed by atoms with E-state index in [0.29, 0.717) is 0 Å². The van der Waals surface area contributed by atoms with E-state index >= 15 is 0 Å². The lowest BCUT2D eigenvalue weighted by Gasteiger charge is -2.32. The number of hydrogen-bond donors (Lipinski definition) is 2. The molecule has 2 aromatic carbocycles. The summed E-state index contributed by atoms with van der Waals surface area (Å²) in [7, 11) is 1.48. The lowest BCUT2D eigenvalue weighted by atomic mass is 9.95. The molecule has 0 aliphatic heterocycles. The van der Waals surface area contributed by atoms with Gasteiger partial charge in [0.05, 0.1) is 18.1 Å². The standard InChI is InChI=1S/C22H25NO5/c1-22(2,27-3)19(12-20(24)25)23-21(26)28-13-18-16-10-6-4-8-14(16)15-9-5-7-11-17(15)18/h4-11,18-19H,12-13H2,1-3H3,(H,23,26)(H,24,25). The summed E-state index contributed by atoms with van der Waals surface area (Å²) < 4.78 is 10.8. The molecule has 0 aromatic heterocycles. The number of amides is 1. The summed E-state index contributed by atoms with van der Waals surface area (Å²) in [6, 6.07) is 15.4. The van der Waals surface area contributed by atoms with Gasteiger partial charge in [-0.2, -0.15) is 0 Å². The second kappa shape index (κ2) is 8.02. The third-order valence-electron chi connectivity index (χ3n) is 5.38. The van der Waals surface area contributed by atoms with Crippen LogP contribution in [0.3, 0.4) is 0 Å².